The summed E-state index contributed by atoms with van der Waals surface area (Å²) in [6.45, 7) is 1.89. The Morgan fingerprint density at radius 3 is 2.62 bits per heavy atom. The lowest BCUT2D eigenvalue weighted by Gasteiger charge is -2.15. The molecule has 0 aliphatic carbocycles. The zero-order chi connectivity index (χ0) is 21.0. The molecule has 1 aliphatic rings. The normalized spacial score (nSPS) is 16.2. The predicted molar refractivity (Wildman–Crippen MR) is 116 cm³/mol. The van der Waals surface area contributed by atoms with Gasteiger partial charge in [0.2, 0.25) is 17.7 Å². The highest BCUT2D eigenvalue weighted by molar-refractivity contribution is 8.00. The van der Waals surface area contributed by atoms with Crippen molar-refractivity contribution in [1.29, 1.82) is 0 Å². The number of nitrogens with zero attached hydrogens (tertiary/aromatic N) is 1. The molecule has 0 bridgehead atoms. The van der Waals surface area contributed by atoms with Crippen molar-refractivity contribution in [2.75, 3.05) is 23.1 Å². The number of nitrogens with one attached hydrogen (secondary N) is 1. The van der Waals surface area contributed by atoms with Gasteiger partial charge in [-0.1, -0.05) is 17.7 Å². The molecule has 1 fully saturated rings. The Morgan fingerprint density at radius 2 is 1.97 bits per heavy atom. The van der Waals surface area contributed by atoms with E-state index in [0.717, 1.165) is 5.56 Å². The SMILES string of the molecule is COc1ccc(N2C(=O)CC(SCCC(=O)Nc3ccc(C)c(Cl)c3)C2=O)cc1. The molecule has 0 radical (unpaired) electrons. The van der Waals surface area contributed by atoms with Gasteiger partial charge in [0.05, 0.1) is 18.0 Å². The molecule has 29 heavy (non-hydrogen) atoms. The van der Waals surface area contributed by atoms with E-state index in [0.29, 0.717) is 27.9 Å². The Morgan fingerprint density at radius 1 is 1.24 bits per heavy atom. The van der Waals surface area contributed by atoms with E-state index >= 15 is 0 Å². The first-order chi connectivity index (χ1) is 13.9. The van der Waals surface area contributed by atoms with Gasteiger partial charge in [0.1, 0.15) is 5.75 Å². The Balaban J connectivity index is 1.51. The van der Waals surface area contributed by atoms with Crippen molar-refractivity contribution in [2.45, 2.75) is 25.0 Å². The van der Waals surface area contributed by atoms with Gasteiger partial charge >= 0.3 is 0 Å². The average molecular weight is 433 g/mol. The van der Waals surface area contributed by atoms with Crippen molar-refractivity contribution >= 4 is 52.5 Å². The molecule has 1 unspecified atom stereocenters. The van der Waals surface area contributed by atoms with Gasteiger partial charge in [-0.3, -0.25) is 14.4 Å². The van der Waals surface area contributed by atoms with Crippen molar-refractivity contribution in [2.24, 2.45) is 0 Å². The van der Waals surface area contributed by atoms with Gasteiger partial charge in [0.15, 0.2) is 0 Å². The van der Waals surface area contributed by atoms with Crippen LogP contribution in [0.15, 0.2) is 42.5 Å². The smallest absolute Gasteiger partial charge is 0.247 e. The third-order valence-corrected chi connectivity index (χ3v) is 6.16. The molecule has 8 heteroatoms. The minimum Gasteiger partial charge on any atom is -0.497 e. The summed E-state index contributed by atoms with van der Waals surface area (Å²) in [7, 11) is 1.55. The molecule has 3 amide bonds. The first-order valence-electron chi connectivity index (χ1n) is 9.07. The minimum atomic E-state index is -0.480. The van der Waals surface area contributed by atoms with Crippen LogP contribution in [0.1, 0.15) is 18.4 Å². The number of methoxy groups -OCH3 is 1. The van der Waals surface area contributed by atoms with Gasteiger partial charge in [0, 0.05) is 29.3 Å². The highest BCUT2D eigenvalue weighted by atomic mass is 35.5. The fourth-order valence-corrected chi connectivity index (χ4v) is 4.20. The Bertz CT molecular complexity index is 933. The molecule has 0 saturated carbocycles. The number of carbonyl (C=O) groups excluding carboxylic acids is 3. The predicted octanol–water partition coefficient (Wildman–Crippen LogP) is 4.05. The van der Waals surface area contributed by atoms with Crippen LogP contribution in [0.3, 0.4) is 0 Å². The van der Waals surface area contributed by atoms with Crippen molar-refractivity contribution in [1.82, 2.24) is 0 Å². The van der Waals surface area contributed by atoms with Crippen LogP contribution in [-0.4, -0.2) is 35.8 Å². The highest BCUT2D eigenvalue weighted by Crippen LogP contribution is 2.31. The number of hydrogen-bond donors (Lipinski definition) is 1. The standard InChI is InChI=1S/C21H21ClN2O4S/c1-13-3-4-14(11-17(13)22)23-19(25)9-10-29-18-12-20(26)24(21(18)27)15-5-7-16(28-2)8-6-15/h3-8,11,18H,9-10,12H2,1-2H3,(H,23,25). The summed E-state index contributed by atoms with van der Waals surface area (Å²) in [4.78, 5) is 38.3. The molecule has 1 N–H and O–H groups in total. The largest absolute Gasteiger partial charge is 0.497 e. The highest BCUT2D eigenvalue weighted by Gasteiger charge is 2.39. The zero-order valence-corrected chi connectivity index (χ0v) is 17.7. The number of ether oxygens (including phenoxy) is 1. The van der Waals surface area contributed by atoms with Crippen LogP contribution >= 0.6 is 23.4 Å². The third kappa shape index (κ3) is 5.10. The summed E-state index contributed by atoms with van der Waals surface area (Å²) in [5.41, 5.74) is 2.09. The number of thioether (sulfide) groups is 1. The molecule has 0 aromatic heterocycles. The summed E-state index contributed by atoms with van der Waals surface area (Å²) in [5, 5.41) is 2.90. The molecule has 1 atom stereocenters. The number of anilines is 2. The topological polar surface area (TPSA) is 75.7 Å². The molecule has 0 spiro atoms. The van der Waals surface area contributed by atoms with E-state index in [2.05, 4.69) is 5.32 Å². The van der Waals surface area contributed by atoms with Gasteiger partial charge in [-0.25, -0.2) is 4.90 Å². The Hall–Kier alpha value is -2.51. The summed E-state index contributed by atoms with van der Waals surface area (Å²) in [6.07, 6.45) is 0.362. The molecule has 1 heterocycles. The van der Waals surface area contributed by atoms with Gasteiger partial charge in [-0.2, -0.15) is 0 Å². The quantitative estimate of drug-likeness (QED) is 0.668. The molecular weight excluding hydrogens is 412 g/mol. The molecular formula is C21H21ClN2O4S. The van der Waals surface area contributed by atoms with E-state index in [9.17, 15) is 14.4 Å². The van der Waals surface area contributed by atoms with Crippen LogP contribution in [0.5, 0.6) is 5.75 Å². The number of imide groups is 1. The van der Waals surface area contributed by atoms with Gasteiger partial charge in [-0.15, -0.1) is 11.8 Å². The second-order valence-electron chi connectivity index (χ2n) is 6.59. The van der Waals surface area contributed by atoms with E-state index < -0.39 is 5.25 Å². The zero-order valence-electron chi connectivity index (χ0n) is 16.1. The average Bonchev–Trinajstić information content (AvgIpc) is 2.98. The van der Waals surface area contributed by atoms with Crippen LogP contribution < -0.4 is 15.0 Å². The fraction of sp³-hybridized carbons (Fsp3) is 0.286. The van der Waals surface area contributed by atoms with Gasteiger partial charge in [0.25, 0.3) is 0 Å². The number of amides is 3. The van der Waals surface area contributed by atoms with Crippen molar-refractivity contribution < 1.29 is 19.1 Å². The van der Waals surface area contributed by atoms with Crippen LogP contribution in [-0.2, 0) is 14.4 Å². The molecule has 2 aromatic rings. The monoisotopic (exact) mass is 432 g/mol. The van der Waals surface area contributed by atoms with Crippen molar-refractivity contribution in [3.8, 4) is 5.75 Å². The van der Waals surface area contributed by atoms with Gasteiger partial charge < -0.3 is 10.1 Å². The Labute approximate surface area is 178 Å². The summed E-state index contributed by atoms with van der Waals surface area (Å²) in [6, 6.07) is 12.1. The van der Waals surface area contributed by atoms with E-state index in [1.54, 1.807) is 43.5 Å². The number of hydrogen-bond acceptors (Lipinski definition) is 5. The number of benzene rings is 2. The lowest BCUT2D eigenvalue weighted by molar-refractivity contribution is -0.121. The summed E-state index contributed by atoms with van der Waals surface area (Å²) >= 11 is 7.38. The second kappa shape index (κ2) is 9.33. The maximum atomic E-state index is 12.6. The lowest BCUT2D eigenvalue weighted by atomic mass is 10.2. The number of rotatable bonds is 7. The van der Waals surface area contributed by atoms with Crippen LogP contribution in [0.4, 0.5) is 11.4 Å². The molecule has 1 aliphatic heterocycles. The lowest BCUT2D eigenvalue weighted by Crippen LogP contribution is -2.31. The van der Waals surface area contributed by atoms with Crippen LogP contribution in [0, 0.1) is 6.92 Å². The maximum absolute atomic E-state index is 12.6. The maximum Gasteiger partial charge on any atom is 0.247 e. The third-order valence-electron chi connectivity index (χ3n) is 4.54. The fourth-order valence-electron chi connectivity index (χ4n) is 2.92. The van der Waals surface area contributed by atoms with Gasteiger partial charge in [-0.05, 0) is 48.9 Å². The van der Waals surface area contributed by atoms with E-state index in [-0.39, 0.29) is 30.6 Å². The molecule has 3 rings (SSSR count). The van der Waals surface area contributed by atoms with Crippen molar-refractivity contribution in [3.63, 3.8) is 0 Å². The molecule has 6 nitrogen and oxygen atoms in total. The number of halogens is 1. The van der Waals surface area contributed by atoms with E-state index in [1.165, 1.54) is 16.7 Å². The van der Waals surface area contributed by atoms with Crippen LogP contribution in [0.25, 0.3) is 0 Å². The number of aryl methyl sites for hydroxylation is 1. The number of carbonyl (C=O) groups is 3. The molecule has 2 aromatic carbocycles. The summed E-state index contributed by atoms with van der Waals surface area (Å²) in [5.74, 6) is 0.430. The molecule has 152 valence electrons. The summed E-state index contributed by atoms with van der Waals surface area (Å²) < 4.78 is 5.10. The molecule has 1 saturated heterocycles. The minimum absolute atomic E-state index is 0.130. The van der Waals surface area contributed by atoms with Crippen molar-refractivity contribution in [3.05, 3.63) is 53.1 Å². The Kier molecular flexibility index (Phi) is 6.82. The second-order valence-corrected chi connectivity index (χ2v) is 8.31. The first kappa shape index (κ1) is 21.2. The van der Waals surface area contributed by atoms with E-state index in [1.807, 2.05) is 13.0 Å². The van der Waals surface area contributed by atoms with E-state index in [4.69, 9.17) is 16.3 Å². The first-order valence-corrected chi connectivity index (χ1v) is 10.5. The van der Waals surface area contributed by atoms with Crippen LogP contribution in [0.2, 0.25) is 5.02 Å².